The number of carbonyl (C=O) groups is 1. The van der Waals surface area contributed by atoms with E-state index in [0.29, 0.717) is 13.0 Å². The Morgan fingerprint density at radius 1 is 1.22 bits per heavy atom. The number of ether oxygens (including phenoxy) is 1. The van der Waals surface area contributed by atoms with Gasteiger partial charge in [0, 0.05) is 23.4 Å². The molecule has 2 aromatic rings. The SMILES string of the molecule is O=C(O)CCc1ccc2c(c1)C(=CCCN1CCCC1)c1ccsc1CO2. The molecule has 0 spiro atoms. The second-order valence-electron chi connectivity index (χ2n) is 7.23. The average Bonchev–Trinajstić information content (AvgIpc) is 3.32. The van der Waals surface area contributed by atoms with Crippen molar-refractivity contribution in [3.05, 3.63) is 57.3 Å². The summed E-state index contributed by atoms with van der Waals surface area (Å²) in [6.07, 6.45) is 6.68. The molecule has 0 amide bonds. The van der Waals surface area contributed by atoms with Crippen molar-refractivity contribution in [3.63, 3.8) is 0 Å². The smallest absolute Gasteiger partial charge is 0.303 e. The fourth-order valence-corrected chi connectivity index (χ4v) is 4.72. The first-order valence-electron chi connectivity index (χ1n) is 9.68. The van der Waals surface area contributed by atoms with Gasteiger partial charge in [-0.25, -0.2) is 0 Å². The van der Waals surface area contributed by atoms with Gasteiger partial charge in [0.05, 0.1) is 0 Å². The average molecular weight is 384 g/mol. The van der Waals surface area contributed by atoms with Gasteiger partial charge in [-0.15, -0.1) is 11.3 Å². The third-order valence-electron chi connectivity index (χ3n) is 5.35. The molecule has 142 valence electrons. The highest BCUT2D eigenvalue weighted by Crippen LogP contribution is 2.39. The Kier molecular flexibility index (Phi) is 5.60. The van der Waals surface area contributed by atoms with E-state index in [0.717, 1.165) is 29.8 Å². The molecule has 3 heterocycles. The van der Waals surface area contributed by atoms with Gasteiger partial charge in [-0.05, 0) is 79.1 Å². The van der Waals surface area contributed by atoms with Crippen LogP contribution in [-0.2, 0) is 17.8 Å². The van der Waals surface area contributed by atoms with Gasteiger partial charge in [-0.2, -0.15) is 0 Å². The van der Waals surface area contributed by atoms with Gasteiger partial charge >= 0.3 is 5.97 Å². The molecule has 4 nitrogen and oxygen atoms in total. The summed E-state index contributed by atoms with van der Waals surface area (Å²) in [5, 5.41) is 11.1. The van der Waals surface area contributed by atoms with Gasteiger partial charge in [0.25, 0.3) is 0 Å². The molecule has 1 N–H and O–H groups in total. The number of aryl methyl sites for hydroxylation is 1. The molecule has 0 atom stereocenters. The maximum atomic E-state index is 10.9. The topological polar surface area (TPSA) is 49.8 Å². The highest BCUT2D eigenvalue weighted by atomic mass is 32.1. The van der Waals surface area contributed by atoms with E-state index in [1.165, 1.54) is 41.9 Å². The van der Waals surface area contributed by atoms with E-state index in [1.54, 1.807) is 11.3 Å². The summed E-state index contributed by atoms with van der Waals surface area (Å²) in [6.45, 7) is 4.12. The number of aliphatic carboxylic acids is 1. The number of hydrogen-bond acceptors (Lipinski definition) is 4. The Hall–Kier alpha value is -2.11. The molecule has 2 aliphatic rings. The Morgan fingerprint density at radius 3 is 2.89 bits per heavy atom. The van der Waals surface area contributed by atoms with Crippen LogP contribution in [0.15, 0.2) is 35.7 Å². The van der Waals surface area contributed by atoms with E-state index < -0.39 is 5.97 Å². The Labute approximate surface area is 164 Å². The molecule has 5 heteroatoms. The van der Waals surface area contributed by atoms with Crippen molar-refractivity contribution in [2.75, 3.05) is 19.6 Å². The fourth-order valence-electron chi connectivity index (χ4n) is 3.92. The van der Waals surface area contributed by atoms with Crippen molar-refractivity contribution < 1.29 is 14.6 Å². The lowest BCUT2D eigenvalue weighted by Gasteiger charge is -2.14. The first-order valence-corrected chi connectivity index (χ1v) is 10.6. The first kappa shape index (κ1) is 18.3. The normalized spacial score (nSPS) is 18.0. The molecule has 2 aliphatic heterocycles. The van der Waals surface area contributed by atoms with E-state index in [-0.39, 0.29) is 6.42 Å². The van der Waals surface area contributed by atoms with Crippen LogP contribution in [0.5, 0.6) is 5.75 Å². The molecule has 1 saturated heterocycles. The minimum atomic E-state index is -0.761. The van der Waals surface area contributed by atoms with Gasteiger partial charge < -0.3 is 14.7 Å². The molecule has 0 saturated carbocycles. The van der Waals surface area contributed by atoms with Crippen molar-refractivity contribution >= 4 is 22.9 Å². The van der Waals surface area contributed by atoms with Gasteiger partial charge in [0.15, 0.2) is 0 Å². The zero-order chi connectivity index (χ0) is 18.6. The monoisotopic (exact) mass is 383 g/mol. The molecule has 0 unspecified atom stereocenters. The number of rotatable bonds is 6. The van der Waals surface area contributed by atoms with Crippen LogP contribution in [0.1, 0.15) is 47.3 Å². The van der Waals surface area contributed by atoms with Crippen LogP contribution < -0.4 is 4.74 Å². The summed E-state index contributed by atoms with van der Waals surface area (Å²) in [4.78, 5) is 14.7. The predicted molar refractivity (Wildman–Crippen MR) is 108 cm³/mol. The van der Waals surface area contributed by atoms with E-state index >= 15 is 0 Å². The Balaban J connectivity index is 1.64. The van der Waals surface area contributed by atoms with Crippen molar-refractivity contribution in [3.8, 4) is 5.75 Å². The number of carboxylic acid groups (broad SMARTS) is 1. The van der Waals surface area contributed by atoms with E-state index in [4.69, 9.17) is 9.84 Å². The van der Waals surface area contributed by atoms with Crippen LogP contribution in [0.2, 0.25) is 0 Å². The summed E-state index contributed by atoms with van der Waals surface area (Å²) >= 11 is 1.74. The zero-order valence-electron chi connectivity index (χ0n) is 15.4. The highest BCUT2D eigenvalue weighted by Gasteiger charge is 2.21. The highest BCUT2D eigenvalue weighted by molar-refractivity contribution is 7.10. The van der Waals surface area contributed by atoms with Crippen LogP contribution in [0.4, 0.5) is 0 Å². The lowest BCUT2D eigenvalue weighted by molar-refractivity contribution is -0.136. The molecular formula is C22H25NO3S. The quantitative estimate of drug-likeness (QED) is 0.793. The Bertz CT molecular complexity index is 849. The molecule has 1 aromatic heterocycles. The standard InChI is InChI=1S/C22H25NO3S/c24-22(25)8-6-16-5-7-20-19(14-16)17(4-3-12-23-10-1-2-11-23)18-9-13-27-21(18)15-26-20/h4-5,7,9,13-14H,1-3,6,8,10-12,15H2,(H,24,25). The number of nitrogens with zero attached hydrogens (tertiary/aromatic N) is 1. The minimum Gasteiger partial charge on any atom is -0.487 e. The van der Waals surface area contributed by atoms with Crippen molar-refractivity contribution in [1.29, 1.82) is 0 Å². The lowest BCUT2D eigenvalue weighted by Crippen LogP contribution is -2.19. The summed E-state index contributed by atoms with van der Waals surface area (Å²) in [7, 11) is 0. The van der Waals surface area contributed by atoms with Crippen molar-refractivity contribution in [1.82, 2.24) is 4.90 Å². The number of carboxylic acids is 1. The van der Waals surface area contributed by atoms with E-state index in [1.807, 2.05) is 12.1 Å². The largest absolute Gasteiger partial charge is 0.487 e. The Morgan fingerprint density at radius 2 is 2.07 bits per heavy atom. The minimum absolute atomic E-state index is 0.150. The van der Waals surface area contributed by atoms with Crippen LogP contribution in [0.3, 0.4) is 0 Å². The molecule has 0 radical (unpaired) electrons. The number of thiophene rings is 1. The third-order valence-corrected chi connectivity index (χ3v) is 6.24. The van der Waals surface area contributed by atoms with Crippen molar-refractivity contribution in [2.45, 2.75) is 38.7 Å². The number of likely N-dealkylation sites (tertiary alicyclic amines) is 1. The number of fused-ring (bicyclic) bond motifs is 2. The molecule has 1 fully saturated rings. The van der Waals surface area contributed by atoms with Gasteiger partial charge in [0.1, 0.15) is 12.4 Å². The summed E-state index contributed by atoms with van der Waals surface area (Å²) in [6, 6.07) is 8.29. The first-order chi connectivity index (χ1) is 13.2. The predicted octanol–water partition coefficient (Wildman–Crippen LogP) is 4.58. The van der Waals surface area contributed by atoms with Crippen LogP contribution in [0, 0.1) is 0 Å². The van der Waals surface area contributed by atoms with Crippen molar-refractivity contribution in [2.24, 2.45) is 0 Å². The van der Waals surface area contributed by atoms with E-state index in [2.05, 4.69) is 28.5 Å². The van der Waals surface area contributed by atoms with E-state index in [9.17, 15) is 4.79 Å². The van der Waals surface area contributed by atoms with Gasteiger partial charge in [-0.1, -0.05) is 12.1 Å². The lowest BCUT2D eigenvalue weighted by atomic mass is 9.94. The molecule has 0 bridgehead atoms. The molecule has 0 aliphatic carbocycles. The molecular weight excluding hydrogens is 358 g/mol. The summed E-state index contributed by atoms with van der Waals surface area (Å²) in [5.41, 5.74) is 4.63. The second kappa shape index (κ2) is 8.28. The maximum Gasteiger partial charge on any atom is 0.303 e. The molecule has 27 heavy (non-hydrogen) atoms. The summed E-state index contributed by atoms with van der Waals surface area (Å²) in [5.74, 6) is 0.132. The van der Waals surface area contributed by atoms with Gasteiger partial charge in [-0.3, -0.25) is 4.79 Å². The maximum absolute atomic E-state index is 10.9. The zero-order valence-corrected chi connectivity index (χ0v) is 16.3. The summed E-state index contributed by atoms with van der Waals surface area (Å²) < 4.78 is 6.07. The van der Waals surface area contributed by atoms with Crippen LogP contribution in [-0.4, -0.2) is 35.6 Å². The fraction of sp³-hybridized carbons (Fsp3) is 0.409. The second-order valence-corrected chi connectivity index (χ2v) is 8.23. The van der Waals surface area contributed by atoms with Gasteiger partial charge in [0.2, 0.25) is 0 Å². The molecule has 4 rings (SSSR count). The number of benzene rings is 1. The molecule has 1 aromatic carbocycles. The third kappa shape index (κ3) is 4.25. The van der Waals surface area contributed by atoms with Crippen LogP contribution >= 0.6 is 11.3 Å². The van der Waals surface area contributed by atoms with Crippen LogP contribution in [0.25, 0.3) is 5.57 Å². The number of hydrogen-bond donors (Lipinski definition) is 1.